The van der Waals surface area contributed by atoms with E-state index in [0.717, 1.165) is 11.1 Å². The van der Waals surface area contributed by atoms with Gasteiger partial charge < -0.3 is 9.47 Å². The molecule has 0 saturated carbocycles. The molecule has 0 N–H and O–H groups in total. The van der Waals surface area contributed by atoms with Crippen LogP contribution in [-0.4, -0.2) is 25.2 Å². The molecular formula is C20H18O4. The van der Waals surface area contributed by atoms with Crippen LogP contribution < -0.4 is 0 Å². The average Bonchev–Trinajstić information content (AvgIpc) is 2.64. The normalized spacial score (nSPS) is 9.83. The SMILES string of the molecule is C=CCOC(=O)c1ccc(-c2cccc(C(=O)OCC=C)c2)cc1. The summed E-state index contributed by atoms with van der Waals surface area (Å²) in [6.07, 6.45) is 3.04. The Morgan fingerprint density at radius 3 is 1.96 bits per heavy atom. The lowest BCUT2D eigenvalue weighted by molar-refractivity contribution is 0.0540. The van der Waals surface area contributed by atoms with Gasteiger partial charge in [-0.1, -0.05) is 49.6 Å². The molecule has 0 aliphatic rings. The molecule has 0 fully saturated rings. The zero-order valence-corrected chi connectivity index (χ0v) is 13.2. The number of hydrogen-bond donors (Lipinski definition) is 0. The first kappa shape index (κ1) is 17.2. The Bertz CT molecular complexity index is 744. The summed E-state index contributed by atoms with van der Waals surface area (Å²) in [5.41, 5.74) is 2.66. The van der Waals surface area contributed by atoms with Gasteiger partial charge >= 0.3 is 11.9 Å². The predicted octanol–water partition coefficient (Wildman–Crippen LogP) is 4.04. The van der Waals surface area contributed by atoms with Crippen LogP contribution in [0.4, 0.5) is 0 Å². The zero-order valence-electron chi connectivity index (χ0n) is 13.2. The standard InChI is InChI=1S/C20H18O4/c1-3-12-23-19(21)16-10-8-15(9-11-16)17-6-5-7-18(14-17)20(22)24-13-4-2/h3-11,14H,1-2,12-13H2. The van der Waals surface area contributed by atoms with E-state index in [1.165, 1.54) is 12.2 Å². The lowest BCUT2D eigenvalue weighted by atomic mass is 10.0. The van der Waals surface area contributed by atoms with Crippen LogP contribution in [-0.2, 0) is 9.47 Å². The van der Waals surface area contributed by atoms with Crippen LogP contribution in [0.25, 0.3) is 11.1 Å². The summed E-state index contributed by atoms with van der Waals surface area (Å²) in [4.78, 5) is 23.6. The summed E-state index contributed by atoms with van der Waals surface area (Å²) in [5, 5.41) is 0. The number of esters is 2. The van der Waals surface area contributed by atoms with Gasteiger partial charge in [-0.15, -0.1) is 0 Å². The molecule has 0 spiro atoms. The highest BCUT2D eigenvalue weighted by molar-refractivity contribution is 5.92. The number of benzene rings is 2. The van der Waals surface area contributed by atoms with Gasteiger partial charge in [0.05, 0.1) is 11.1 Å². The van der Waals surface area contributed by atoms with E-state index in [1.807, 2.05) is 6.07 Å². The molecule has 4 heteroatoms. The molecule has 0 amide bonds. The Labute approximate surface area is 141 Å². The molecule has 122 valence electrons. The van der Waals surface area contributed by atoms with Crippen molar-refractivity contribution in [3.8, 4) is 11.1 Å². The van der Waals surface area contributed by atoms with E-state index in [1.54, 1.807) is 42.5 Å². The molecule has 0 bridgehead atoms. The monoisotopic (exact) mass is 322 g/mol. The van der Waals surface area contributed by atoms with Crippen molar-refractivity contribution in [2.45, 2.75) is 0 Å². The highest BCUT2D eigenvalue weighted by Gasteiger charge is 2.09. The summed E-state index contributed by atoms with van der Waals surface area (Å²) in [5.74, 6) is -0.801. The lowest BCUT2D eigenvalue weighted by Crippen LogP contribution is -2.05. The van der Waals surface area contributed by atoms with Gasteiger partial charge in [-0.2, -0.15) is 0 Å². The highest BCUT2D eigenvalue weighted by atomic mass is 16.5. The van der Waals surface area contributed by atoms with Gasteiger partial charge in [0.1, 0.15) is 13.2 Å². The van der Waals surface area contributed by atoms with Crippen LogP contribution in [0.3, 0.4) is 0 Å². The van der Waals surface area contributed by atoms with Crippen molar-refractivity contribution in [2.24, 2.45) is 0 Å². The molecule has 2 aromatic rings. The summed E-state index contributed by atoms with van der Waals surface area (Å²) >= 11 is 0. The van der Waals surface area contributed by atoms with Crippen LogP contribution in [0, 0.1) is 0 Å². The van der Waals surface area contributed by atoms with Crippen LogP contribution >= 0.6 is 0 Å². The van der Waals surface area contributed by atoms with Gasteiger partial charge in [0.2, 0.25) is 0 Å². The van der Waals surface area contributed by atoms with Gasteiger partial charge in [-0.25, -0.2) is 9.59 Å². The minimum atomic E-state index is -0.402. The van der Waals surface area contributed by atoms with Crippen LogP contribution in [0.2, 0.25) is 0 Å². The molecule has 0 radical (unpaired) electrons. The Morgan fingerprint density at radius 2 is 1.38 bits per heavy atom. The summed E-state index contributed by atoms with van der Waals surface area (Å²) in [6.45, 7) is 7.36. The van der Waals surface area contributed by atoms with E-state index in [0.29, 0.717) is 11.1 Å². The second kappa shape index (κ2) is 8.48. The maximum atomic E-state index is 11.9. The van der Waals surface area contributed by atoms with E-state index < -0.39 is 11.9 Å². The fourth-order valence-electron chi connectivity index (χ4n) is 2.06. The van der Waals surface area contributed by atoms with Crippen LogP contribution in [0.5, 0.6) is 0 Å². The topological polar surface area (TPSA) is 52.6 Å². The third-order valence-corrected chi connectivity index (χ3v) is 3.22. The first-order valence-corrected chi connectivity index (χ1v) is 7.42. The number of carbonyl (C=O) groups is 2. The third-order valence-electron chi connectivity index (χ3n) is 3.22. The molecule has 0 unspecified atom stereocenters. The number of rotatable bonds is 7. The second-order valence-electron chi connectivity index (χ2n) is 4.93. The molecule has 4 nitrogen and oxygen atoms in total. The van der Waals surface area contributed by atoms with E-state index >= 15 is 0 Å². The van der Waals surface area contributed by atoms with E-state index in [2.05, 4.69) is 13.2 Å². The van der Waals surface area contributed by atoms with Crippen LogP contribution in [0.1, 0.15) is 20.7 Å². The maximum absolute atomic E-state index is 11.9. The molecule has 24 heavy (non-hydrogen) atoms. The van der Waals surface area contributed by atoms with E-state index in [4.69, 9.17) is 9.47 Å². The molecule has 0 heterocycles. The predicted molar refractivity (Wildman–Crippen MR) is 92.8 cm³/mol. The van der Waals surface area contributed by atoms with Gasteiger partial charge in [0, 0.05) is 0 Å². The van der Waals surface area contributed by atoms with Crippen molar-refractivity contribution in [2.75, 3.05) is 13.2 Å². The molecular weight excluding hydrogens is 304 g/mol. The zero-order chi connectivity index (χ0) is 17.4. The number of hydrogen-bond acceptors (Lipinski definition) is 4. The Hall–Kier alpha value is -3.14. The van der Waals surface area contributed by atoms with Crippen molar-refractivity contribution in [3.63, 3.8) is 0 Å². The smallest absolute Gasteiger partial charge is 0.338 e. The molecule has 0 atom stereocenters. The molecule has 0 aromatic heterocycles. The largest absolute Gasteiger partial charge is 0.458 e. The average molecular weight is 322 g/mol. The maximum Gasteiger partial charge on any atom is 0.338 e. The number of ether oxygens (including phenoxy) is 2. The van der Waals surface area contributed by atoms with Crippen molar-refractivity contribution in [3.05, 3.63) is 85.0 Å². The Kier molecular flexibility index (Phi) is 6.08. The fraction of sp³-hybridized carbons (Fsp3) is 0.100. The molecule has 0 aliphatic heterocycles. The van der Waals surface area contributed by atoms with Crippen molar-refractivity contribution in [1.82, 2.24) is 0 Å². The van der Waals surface area contributed by atoms with Gasteiger partial charge in [0.25, 0.3) is 0 Å². The minimum Gasteiger partial charge on any atom is -0.458 e. The number of carbonyl (C=O) groups excluding carboxylic acids is 2. The molecule has 2 aromatic carbocycles. The Balaban J connectivity index is 2.17. The fourth-order valence-corrected chi connectivity index (χ4v) is 2.06. The quantitative estimate of drug-likeness (QED) is 0.570. The summed E-state index contributed by atoms with van der Waals surface area (Å²) in [6, 6.07) is 14.1. The second-order valence-corrected chi connectivity index (χ2v) is 4.93. The van der Waals surface area contributed by atoms with E-state index in [9.17, 15) is 9.59 Å². The summed E-state index contributed by atoms with van der Waals surface area (Å²) < 4.78 is 10.0. The van der Waals surface area contributed by atoms with Crippen molar-refractivity contribution in [1.29, 1.82) is 0 Å². The van der Waals surface area contributed by atoms with Crippen molar-refractivity contribution < 1.29 is 19.1 Å². The lowest BCUT2D eigenvalue weighted by Gasteiger charge is -2.07. The van der Waals surface area contributed by atoms with Crippen molar-refractivity contribution >= 4 is 11.9 Å². The van der Waals surface area contributed by atoms with Gasteiger partial charge in [0.15, 0.2) is 0 Å². The molecule has 0 saturated heterocycles. The summed E-state index contributed by atoms with van der Waals surface area (Å²) in [7, 11) is 0. The molecule has 0 aliphatic carbocycles. The van der Waals surface area contributed by atoms with E-state index in [-0.39, 0.29) is 13.2 Å². The first-order chi connectivity index (χ1) is 11.7. The molecule has 2 rings (SSSR count). The minimum absolute atomic E-state index is 0.171. The third kappa shape index (κ3) is 4.43. The first-order valence-electron chi connectivity index (χ1n) is 7.42. The van der Waals surface area contributed by atoms with Crippen LogP contribution in [0.15, 0.2) is 73.8 Å². The van der Waals surface area contributed by atoms with Gasteiger partial charge in [-0.05, 0) is 35.4 Å². The highest BCUT2D eigenvalue weighted by Crippen LogP contribution is 2.21. The van der Waals surface area contributed by atoms with Gasteiger partial charge in [-0.3, -0.25) is 0 Å². The Morgan fingerprint density at radius 1 is 0.792 bits per heavy atom.